The summed E-state index contributed by atoms with van der Waals surface area (Å²) in [7, 11) is 0. The van der Waals surface area contributed by atoms with Crippen molar-refractivity contribution in [3.05, 3.63) is 12.2 Å². The molecule has 0 heterocycles. The summed E-state index contributed by atoms with van der Waals surface area (Å²) in [6, 6.07) is -0.263. The Bertz CT molecular complexity index is 240. The predicted octanol–water partition coefficient (Wildman–Crippen LogP) is -0.695. The molecule has 0 spiro atoms. The van der Waals surface area contributed by atoms with Crippen LogP contribution < -0.4 is 11.5 Å². The zero-order valence-electron chi connectivity index (χ0n) is 6.82. The number of hydrogen-bond acceptors (Lipinski definition) is 3. The molecule has 2 unspecified atom stereocenters. The second-order valence-electron chi connectivity index (χ2n) is 2.54. The summed E-state index contributed by atoms with van der Waals surface area (Å²) in [5.41, 5.74) is 8.92. The maximum Gasteiger partial charge on any atom is 0.340 e. The zero-order chi connectivity index (χ0) is 9.78. The van der Waals surface area contributed by atoms with Gasteiger partial charge >= 0.3 is 5.97 Å². The number of aliphatic carboxylic acids is 1. The number of rotatable bonds is 3. The molecule has 4 heteroatoms. The number of nitrogens with two attached hydrogens (primary N) is 2. The molecule has 0 aliphatic rings. The summed E-state index contributed by atoms with van der Waals surface area (Å²) in [6.45, 7) is 1.69. The van der Waals surface area contributed by atoms with Crippen LogP contribution in [0.1, 0.15) is 6.92 Å². The van der Waals surface area contributed by atoms with Crippen molar-refractivity contribution >= 4 is 5.97 Å². The molecule has 0 fully saturated rings. The van der Waals surface area contributed by atoms with Crippen LogP contribution in [0.15, 0.2) is 12.2 Å². The lowest BCUT2D eigenvalue weighted by molar-refractivity contribution is -0.139. The van der Waals surface area contributed by atoms with Crippen LogP contribution in [0.4, 0.5) is 0 Å². The van der Waals surface area contributed by atoms with Gasteiger partial charge in [0.2, 0.25) is 0 Å². The quantitative estimate of drug-likeness (QED) is 0.384. The summed E-state index contributed by atoms with van der Waals surface area (Å²) in [4.78, 5) is 10.5. The smallest absolute Gasteiger partial charge is 0.340 e. The molecule has 66 valence electrons. The number of terminal acetylenes is 1. The molecule has 0 amide bonds. The number of carboxylic acids is 1. The van der Waals surface area contributed by atoms with Crippen LogP contribution >= 0.6 is 0 Å². The van der Waals surface area contributed by atoms with Crippen molar-refractivity contribution in [1.82, 2.24) is 0 Å². The Morgan fingerprint density at radius 3 is 2.58 bits per heavy atom. The molecule has 12 heavy (non-hydrogen) atoms. The van der Waals surface area contributed by atoms with Gasteiger partial charge in [0, 0.05) is 6.04 Å². The molecule has 4 nitrogen and oxygen atoms in total. The van der Waals surface area contributed by atoms with Gasteiger partial charge in [0.15, 0.2) is 5.54 Å². The van der Waals surface area contributed by atoms with Crippen molar-refractivity contribution in [1.29, 1.82) is 0 Å². The maximum atomic E-state index is 10.5. The Kier molecular flexibility index (Phi) is 3.48. The fourth-order valence-corrected chi connectivity index (χ4v) is 0.485. The van der Waals surface area contributed by atoms with Crippen LogP contribution in [0, 0.1) is 12.3 Å². The fourth-order valence-electron chi connectivity index (χ4n) is 0.485. The molecular formula is C8H12N2O2. The Balaban J connectivity index is 4.59. The van der Waals surface area contributed by atoms with Crippen molar-refractivity contribution in [2.75, 3.05) is 0 Å². The maximum absolute atomic E-state index is 10.5. The minimum atomic E-state index is -1.74. The summed E-state index contributed by atoms with van der Waals surface area (Å²) in [6.07, 6.45) is 7.61. The lowest BCUT2D eigenvalue weighted by Crippen LogP contribution is -2.44. The molecular weight excluding hydrogens is 156 g/mol. The molecule has 0 aromatic heterocycles. The second kappa shape index (κ2) is 3.90. The molecule has 0 saturated carbocycles. The van der Waals surface area contributed by atoms with Crippen LogP contribution in [-0.2, 0) is 4.79 Å². The van der Waals surface area contributed by atoms with E-state index >= 15 is 0 Å². The Hall–Kier alpha value is -1.31. The third kappa shape index (κ3) is 2.74. The Morgan fingerprint density at radius 2 is 2.33 bits per heavy atom. The van der Waals surface area contributed by atoms with E-state index in [0.29, 0.717) is 0 Å². The van der Waals surface area contributed by atoms with Crippen molar-refractivity contribution in [2.24, 2.45) is 11.5 Å². The van der Waals surface area contributed by atoms with Crippen LogP contribution in [-0.4, -0.2) is 22.7 Å². The highest BCUT2D eigenvalue weighted by Crippen LogP contribution is 2.01. The molecule has 0 bridgehead atoms. The van der Waals surface area contributed by atoms with E-state index in [-0.39, 0.29) is 6.04 Å². The highest BCUT2D eigenvalue weighted by molar-refractivity contribution is 5.85. The summed E-state index contributed by atoms with van der Waals surface area (Å²) in [5, 5.41) is 8.59. The van der Waals surface area contributed by atoms with E-state index in [1.165, 1.54) is 12.2 Å². The van der Waals surface area contributed by atoms with E-state index in [0.717, 1.165) is 0 Å². The van der Waals surface area contributed by atoms with Crippen molar-refractivity contribution in [3.8, 4) is 12.3 Å². The second-order valence-corrected chi connectivity index (χ2v) is 2.54. The lowest BCUT2D eigenvalue weighted by atomic mass is 10.0. The van der Waals surface area contributed by atoms with Gasteiger partial charge in [-0.25, -0.2) is 4.79 Å². The SMILES string of the molecule is C#CC(N)(C=CC(C)N)C(=O)O. The van der Waals surface area contributed by atoms with Gasteiger partial charge < -0.3 is 16.6 Å². The number of hydrogen-bond donors (Lipinski definition) is 3. The minimum absolute atomic E-state index is 0.263. The first kappa shape index (κ1) is 10.7. The molecule has 0 rings (SSSR count). The normalized spacial score (nSPS) is 18.2. The van der Waals surface area contributed by atoms with Crippen molar-refractivity contribution < 1.29 is 9.90 Å². The lowest BCUT2D eigenvalue weighted by Gasteiger charge is -2.12. The highest BCUT2D eigenvalue weighted by atomic mass is 16.4. The van der Waals surface area contributed by atoms with Crippen LogP contribution in [0.2, 0.25) is 0 Å². The molecule has 0 radical (unpaired) electrons. The summed E-state index contributed by atoms with van der Waals surface area (Å²) >= 11 is 0. The molecule has 0 aromatic carbocycles. The molecule has 0 aliphatic carbocycles. The zero-order valence-corrected chi connectivity index (χ0v) is 6.82. The van der Waals surface area contributed by atoms with Crippen molar-refractivity contribution in [3.63, 3.8) is 0 Å². The van der Waals surface area contributed by atoms with Gasteiger partial charge in [-0.3, -0.25) is 0 Å². The van der Waals surface area contributed by atoms with E-state index in [1.807, 2.05) is 5.92 Å². The fraction of sp³-hybridized carbons (Fsp3) is 0.375. The molecule has 0 aromatic rings. The van der Waals surface area contributed by atoms with E-state index in [9.17, 15) is 4.79 Å². The van der Waals surface area contributed by atoms with Gasteiger partial charge in [0.05, 0.1) is 0 Å². The van der Waals surface area contributed by atoms with Gasteiger partial charge in [-0.1, -0.05) is 12.0 Å². The van der Waals surface area contributed by atoms with E-state index in [4.69, 9.17) is 23.0 Å². The van der Waals surface area contributed by atoms with Gasteiger partial charge in [-0.05, 0) is 13.0 Å². The first-order valence-corrected chi connectivity index (χ1v) is 3.37. The Morgan fingerprint density at radius 1 is 1.83 bits per heavy atom. The van der Waals surface area contributed by atoms with E-state index < -0.39 is 11.5 Å². The molecule has 0 aliphatic heterocycles. The number of carbonyl (C=O) groups is 1. The van der Waals surface area contributed by atoms with Crippen molar-refractivity contribution in [2.45, 2.75) is 18.5 Å². The summed E-state index contributed by atoms with van der Waals surface area (Å²) < 4.78 is 0. The first-order valence-electron chi connectivity index (χ1n) is 3.37. The molecule has 5 N–H and O–H groups in total. The minimum Gasteiger partial charge on any atom is -0.479 e. The highest BCUT2D eigenvalue weighted by Gasteiger charge is 2.27. The van der Waals surface area contributed by atoms with E-state index in [2.05, 4.69) is 0 Å². The average Bonchev–Trinajstić information content (AvgIpc) is 1.99. The van der Waals surface area contributed by atoms with Crippen LogP contribution in [0.3, 0.4) is 0 Å². The van der Waals surface area contributed by atoms with E-state index in [1.54, 1.807) is 6.92 Å². The Labute approximate surface area is 71.2 Å². The molecule has 0 saturated heterocycles. The van der Waals surface area contributed by atoms with Crippen LogP contribution in [0.25, 0.3) is 0 Å². The van der Waals surface area contributed by atoms with Gasteiger partial charge in [-0.2, -0.15) is 0 Å². The van der Waals surface area contributed by atoms with Gasteiger partial charge in [0.1, 0.15) is 0 Å². The monoisotopic (exact) mass is 168 g/mol. The average molecular weight is 168 g/mol. The standard InChI is InChI=1S/C8H12N2O2/c1-3-8(10,7(11)12)5-4-6(2)9/h1,4-6H,9-10H2,2H3,(H,11,12). The summed E-state index contributed by atoms with van der Waals surface area (Å²) in [5.74, 6) is 0.707. The third-order valence-electron chi connectivity index (χ3n) is 1.26. The van der Waals surface area contributed by atoms with Gasteiger partial charge in [0.25, 0.3) is 0 Å². The van der Waals surface area contributed by atoms with Crippen LogP contribution in [0.5, 0.6) is 0 Å². The first-order chi connectivity index (χ1) is 5.42. The third-order valence-corrected chi connectivity index (χ3v) is 1.26. The topological polar surface area (TPSA) is 89.3 Å². The number of carboxylic acid groups (broad SMARTS) is 1. The van der Waals surface area contributed by atoms with Gasteiger partial charge in [-0.15, -0.1) is 6.42 Å². The predicted molar refractivity (Wildman–Crippen MR) is 46.2 cm³/mol. The largest absolute Gasteiger partial charge is 0.479 e. The molecule has 2 atom stereocenters.